The number of ether oxygens (including phenoxy) is 4. The van der Waals surface area contributed by atoms with Crippen LogP contribution in [0.1, 0.15) is 35.4 Å². The third-order valence-corrected chi connectivity index (χ3v) is 5.91. The Labute approximate surface area is 186 Å². The maximum atomic E-state index is 10.5. The normalized spacial score (nSPS) is 18.8. The molecule has 7 nitrogen and oxygen atoms in total. The Hall–Kier alpha value is -3.87. The summed E-state index contributed by atoms with van der Waals surface area (Å²) in [5, 5.41) is 17.4. The second-order valence-corrected chi connectivity index (χ2v) is 7.65. The van der Waals surface area contributed by atoms with E-state index in [-0.39, 0.29) is 11.8 Å². The first kappa shape index (κ1) is 20.1. The van der Waals surface area contributed by atoms with E-state index in [1.807, 2.05) is 47.5 Å². The zero-order valence-corrected chi connectivity index (χ0v) is 18.1. The van der Waals surface area contributed by atoms with Crippen LogP contribution in [0.4, 0.5) is 0 Å². The lowest BCUT2D eigenvalue weighted by Gasteiger charge is -2.38. The third-order valence-electron chi connectivity index (χ3n) is 5.91. The molecule has 0 spiro atoms. The highest BCUT2D eigenvalue weighted by molar-refractivity contribution is 6.04. The molecule has 0 radical (unpaired) electrons. The summed E-state index contributed by atoms with van der Waals surface area (Å²) in [6, 6.07) is 18.9. The molecule has 164 valence electrons. The molecule has 3 aromatic rings. The average molecular weight is 432 g/mol. The van der Waals surface area contributed by atoms with Crippen molar-refractivity contribution in [1.29, 1.82) is 0 Å². The van der Waals surface area contributed by atoms with E-state index in [4.69, 9.17) is 24.0 Å². The Balaban J connectivity index is 1.60. The fourth-order valence-electron chi connectivity index (χ4n) is 4.30. The molecule has 0 aliphatic carbocycles. The van der Waals surface area contributed by atoms with Gasteiger partial charge < -0.3 is 24.1 Å². The third kappa shape index (κ3) is 3.26. The summed E-state index contributed by atoms with van der Waals surface area (Å²) in [6.07, 6.45) is 0.171. The molecular formula is C25H24N2O5. The molecule has 0 unspecified atom stereocenters. The van der Waals surface area contributed by atoms with Gasteiger partial charge in [0.1, 0.15) is 17.2 Å². The predicted molar refractivity (Wildman–Crippen MR) is 120 cm³/mol. The Morgan fingerprint density at radius 3 is 2.53 bits per heavy atom. The molecule has 0 saturated carbocycles. The summed E-state index contributed by atoms with van der Waals surface area (Å²) >= 11 is 0. The van der Waals surface area contributed by atoms with Crippen molar-refractivity contribution in [3.63, 3.8) is 0 Å². The van der Waals surface area contributed by atoms with Gasteiger partial charge in [-0.05, 0) is 42.5 Å². The average Bonchev–Trinajstić information content (AvgIpc) is 3.29. The summed E-state index contributed by atoms with van der Waals surface area (Å²) in [5.41, 5.74) is 3.38. The fourth-order valence-corrected chi connectivity index (χ4v) is 4.30. The summed E-state index contributed by atoms with van der Waals surface area (Å²) in [6.45, 7) is 0. The van der Waals surface area contributed by atoms with Crippen molar-refractivity contribution in [1.82, 2.24) is 5.01 Å². The molecule has 2 atom stereocenters. The molecule has 2 aliphatic rings. The SMILES string of the molecule is COc1ccc(O)c(C2=NN3[C@H](C2)c2ccccc2O[C@H]3c2ccc(OC)c(OC)c2)c1. The van der Waals surface area contributed by atoms with Gasteiger partial charge >= 0.3 is 0 Å². The number of phenolic OH excluding ortho intramolecular Hbond substituents is 1. The highest BCUT2D eigenvalue weighted by Gasteiger charge is 2.41. The van der Waals surface area contributed by atoms with Gasteiger partial charge in [0, 0.05) is 23.1 Å². The number of benzene rings is 3. The molecule has 3 aromatic carbocycles. The minimum atomic E-state index is -0.458. The molecular weight excluding hydrogens is 408 g/mol. The van der Waals surface area contributed by atoms with Crippen molar-refractivity contribution in [2.45, 2.75) is 18.7 Å². The van der Waals surface area contributed by atoms with E-state index in [9.17, 15) is 5.11 Å². The summed E-state index contributed by atoms with van der Waals surface area (Å²) in [7, 11) is 4.82. The Morgan fingerprint density at radius 1 is 0.938 bits per heavy atom. The van der Waals surface area contributed by atoms with Gasteiger partial charge in [0.05, 0.1) is 33.1 Å². The minimum absolute atomic E-state index is 0.0290. The van der Waals surface area contributed by atoms with Crippen LogP contribution in [0.2, 0.25) is 0 Å². The molecule has 7 heteroatoms. The second kappa shape index (κ2) is 8.00. The Kier molecular flexibility index (Phi) is 5.01. The van der Waals surface area contributed by atoms with Gasteiger partial charge in [0.25, 0.3) is 0 Å². The van der Waals surface area contributed by atoms with Crippen LogP contribution in [0.15, 0.2) is 65.8 Å². The first-order valence-corrected chi connectivity index (χ1v) is 10.3. The zero-order valence-electron chi connectivity index (χ0n) is 18.1. The quantitative estimate of drug-likeness (QED) is 0.632. The largest absolute Gasteiger partial charge is 0.507 e. The molecule has 0 fully saturated rings. The van der Waals surface area contributed by atoms with Crippen LogP contribution in [0.3, 0.4) is 0 Å². The number of hydrazone groups is 1. The standard InChI is InChI=1S/C25H24N2O5/c1-29-16-9-10-21(28)18(13-16)19-14-20-17-6-4-5-7-22(17)32-25(27(20)26-19)15-8-11-23(30-2)24(12-15)31-3/h4-13,20,25,28H,14H2,1-3H3/t20-,25+/m1/s1. The lowest BCUT2D eigenvalue weighted by atomic mass is 9.95. The number of rotatable bonds is 5. The molecule has 0 aromatic heterocycles. The van der Waals surface area contributed by atoms with Crippen LogP contribution in [-0.2, 0) is 0 Å². The van der Waals surface area contributed by atoms with Crippen molar-refractivity contribution in [2.24, 2.45) is 5.10 Å². The van der Waals surface area contributed by atoms with Gasteiger partial charge in [-0.1, -0.05) is 18.2 Å². The number of hydrogen-bond donors (Lipinski definition) is 1. The number of aromatic hydroxyl groups is 1. The predicted octanol–water partition coefficient (Wildman–Crippen LogP) is 4.66. The van der Waals surface area contributed by atoms with Gasteiger partial charge in [-0.2, -0.15) is 5.10 Å². The van der Waals surface area contributed by atoms with Crippen LogP contribution < -0.4 is 18.9 Å². The van der Waals surface area contributed by atoms with E-state index >= 15 is 0 Å². The molecule has 5 rings (SSSR count). The van der Waals surface area contributed by atoms with Crippen molar-refractivity contribution >= 4 is 5.71 Å². The van der Waals surface area contributed by atoms with Crippen molar-refractivity contribution in [3.8, 4) is 28.7 Å². The maximum Gasteiger partial charge on any atom is 0.214 e. The van der Waals surface area contributed by atoms with Crippen LogP contribution in [0, 0.1) is 0 Å². The van der Waals surface area contributed by atoms with Crippen LogP contribution in [0.25, 0.3) is 0 Å². The first-order chi connectivity index (χ1) is 15.6. The maximum absolute atomic E-state index is 10.5. The number of para-hydroxylation sites is 1. The molecule has 0 bridgehead atoms. The molecule has 2 heterocycles. The van der Waals surface area contributed by atoms with Gasteiger partial charge in [-0.15, -0.1) is 0 Å². The number of methoxy groups -OCH3 is 3. The molecule has 0 amide bonds. The lowest BCUT2D eigenvalue weighted by Crippen LogP contribution is -2.33. The molecule has 32 heavy (non-hydrogen) atoms. The number of phenols is 1. The smallest absolute Gasteiger partial charge is 0.214 e. The summed E-state index contributed by atoms with van der Waals surface area (Å²) in [4.78, 5) is 0. The van der Waals surface area contributed by atoms with E-state index in [1.165, 1.54) is 0 Å². The fraction of sp³-hybridized carbons (Fsp3) is 0.240. The first-order valence-electron chi connectivity index (χ1n) is 10.3. The molecule has 1 N–H and O–H groups in total. The topological polar surface area (TPSA) is 72.8 Å². The monoisotopic (exact) mass is 432 g/mol. The summed E-state index contributed by atoms with van der Waals surface area (Å²) in [5.74, 6) is 2.92. The zero-order chi connectivity index (χ0) is 22.2. The molecule has 0 saturated heterocycles. The van der Waals surface area contributed by atoms with E-state index in [1.54, 1.807) is 33.5 Å². The minimum Gasteiger partial charge on any atom is -0.507 e. The van der Waals surface area contributed by atoms with Crippen LogP contribution in [0.5, 0.6) is 28.7 Å². The van der Waals surface area contributed by atoms with Gasteiger partial charge in [0.2, 0.25) is 6.23 Å². The second-order valence-electron chi connectivity index (χ2n) is 7.65. The Bertz CT molecular complexity index is 1190. The van der Waals surface area contributed by atoms with Crippen LogP contribution in [-0.4, -0.2) is 37.2 Å². The van der Waals surface area contributed by atoms with Gasteiger partial charge in [-0.25, -0.2) is 5.01 Å². The van der Waals surface area contributed by atoms with Crippen molar-refractivity contribution in [2.75, 3.05) is 21.3 Å². The van der Waals surface area contributed by atoms with E-state index < -0.39 is 6.23 Å². The summed E-state index contributed by atoms with van der Waals surface area (Å²) < 4.78 is 22.6. The number of hydrogen-bond acceptors (Lipinski definition) is 7. The highest BCUT2D eigenvalue weighted by atomic mass is 16.5. The van der Waals surface area contributed by atoms with E-state index in [0.29, 0.717) is 29.2 Å². The Morgan fingerprint density at radius 2 is 1.75 bits per heavy atom. The van der Waals surface area contributed by atoms with Gasteiger partial charge in [-0.3, -0.25) is 0 Å². The number of nitrogens with zero attached hydrogens (tertiary/aromatic N) is 2. The van der Waals surface area contributed by atoms with E-state index in [2.05, 4.69) is 6.07 Å². The lowest BCUT2D eigenvalue weighted by molar-refractivity contribution is -0.0191. The molecule has 2 aliphatic heterocycles. The van der Waals surface area contributed by atoms with Gasteiger partial charge in [0.15, 0.2) is 11.5 Å². The van der Waals surface area contributed by atoms with Crippen LogP contribution >= 0.6 is 0 Å². The van der Waals surface area contributed by atoms with Crippen molar-refractivity contribution in [3.05, 3.63) is 77.4 Å². The highest BCUT2D eigenvalue weighted by Crippen LogP contribution is 2.48. The van der Waals surface area contributed by atoms with E-state index in [0.717, 1.165) is 22.6 Å². The van der Waals surface area contributed by atoms with Crippen molar-refractivity contribution < 1.29 is 24.1 Å². The number of fused-ring (bicyclic) bond motifs is 3.